The Morgan fingerprint density at radius 3 is 1.94 bits per heavy atom. The fraction of sp³-hybridized carbons (Fsp3) is 1.00. The molecule has 0 radical (unpaired) electrons. The highest BCUT2D eigenvalue weighted by molar-refractivity contribution is 4.81. The van der Waals surface area contributed by atoms with Gasteiger partial charge in [0.25, 0.3) is 0 Å². The monoisotopic (exact) mass is 236 g/mol. The van der Waals surface area contributed by atoms with E-state index in [2.05, 4.69) is 0 Å². The third-order valence-electron chi connectivity index (χ3n) is 2.88. The average molecular weight is 236 g/mol. The Bertz CT molecular complexity index is 187. The van der Waals surface area contributed by atoms with Gasteiger partial charge in [-0.15, -0.1) is 0 Å². The molecular weight excluding hydrogens is 212 g/mol. The molecule has 1 atom stereocenters. The number of hydrogen-bond donors (Lipinski definition) is 3. The molecule has 0 aromatic rings. The number of aliphatic hydroxyl groups excluding tert-OH is 3. The van der Waals surface area contributed by atoms with Crippen molar-refractivity contribution in [3.63, 3.8) is 0 Å². The number of rotatable bonds is 8. The van der Waals surface area contributed by atoms with E-state index in [1.807, 2.05) is 0 Å². The fourth-order valence-corrected chi connectivity index (χ4v) is 1.04. The van der Waals surface area contributed by atoms with Crippen LogP contribution >= 0.6 is 0 Å². The lowest BCUT2D eigenvalue weighted by Gasteiger charge is -2.35. The normalized spacial score (nSPS) is 15.2. The van der Waals surface area contributed by atoms with Crippen LogP contribution < -0.4 is 0 Å². The molecular formula is C11H24O5. The predicted octanol–water partition coefficient (Wildman–Crippen LogP) is -0.220. The summed E-state index contributed by atoms with van der Waals surface area (Å²) in [6.45, 7) is 5.02. The summed E-state index contributed by atoms with van der Waals surface area (Å²) >= 11 is 0. The van der Waals surface area contributed by atoms with Gasteiger partial charge in [0.15, 0.2) is 0 Å². The Morgan fingerprint density at radius 2 is 1.62 bits per heavy atom. The van der Waals surface area contributed by atoms with E-state index in [1.54, 1.807) is 20.8 Å². The summed E-state index contributed by atoms with van der Waals surface area (Å²) in [7, 11) is 1.50. The zero-order valence-corrected chi connectivity index (χ0v) is 10.6. The Balaban J connectivity index is 4.42. The topological polar surface area (TPSA) is 79.2 Å². The molecule has 1 unspecified atom stereocenters. The van der Waals surface area contributed by atoms with Gasteiger partial charge in [-0.1, -0.05) is 0 Å². The molecule has 0 amide bonds. The highest BCUT2D eigenvalue weighted by Crippen LogP contribution is 2.22. The zero-order chi connectivity index (χ0) is 12.8. The van der Waals surface area contributed by atoms with Crippen LogP contribution in [0.4, 0.5) is 0 Å². The van der Waals surface area contributed by atoms with Crippen LogP contribution in [0.1, 0.15) is 20.8 Å². The molecule has 0 rings (SSSR count). The van der Waals surface area contributed by atoms with Crippen LogP contribution in [0, 0.1) is 5.41 Å². The van der Waals surface area contributed by atoms with Crippen molar-refractivity contribution in [2.75, 3.05) is 33.5 Å². The summed E-state index contributed by atoms with van der Waals surface area (Å²) in [6.07, 6.45) is -0.634. The summed E-state index contributed by atoms with van der Waals surface area (Å²) in [5.74, 6) is 0. The summed E-state index contributed by atoms with van der Waals surface area (Å²) in [5.41, 5.74) is -1.54. The lowest BCUT2D eigenvalue weighted by Crippen LogP contribution is -2.45. The minimum absolute atomic E-state index is 0.131. The Labute approximate surface area is 97.0 Å². The summed E-state index contributed by atoms with van der Waals surface area (Å²) in [4.78, 5) is 0. The lowest BCUT2D eigenvalue weighted by atomic mass is 9.91. The SMILES string of the molecule is COCC(CO)(CO)COC(C)(C)C(C)O. The Kier molecular flexibility index (Phi) is 6.43. The molecule has 0 aliphatic carbocycles. The van der Waals surface area contributed by atoms with Gasteiger partial charge < -0.3 is 24.8 Å². The summed E-state index contributed by atoms with van der Waals surface area (Å²) in [6, 6.07) is 0. The molecule has 0 heterocycles. The molecule has 0 spiro atoms. The minimum Gasteiger partial charge on any atom is -0.396 e. The molecule has 0 aromatic carbocycles. The summed E-state index contributed by atoms with van der Waals surface area (Å²) in [5, 5.41) is 28.0. The minimum atomic E-state index is -0.819. The first kappa shape index (κ1) is 15.8. The molecule has 0 saturated carbocycles. The van der Waals surface area contributed by atoms with Crippen LogP contribution in [-0.4, -0.2) is 60.6 Å². The number of aliphatic hydroxyl groups is 3. The molecule has 16 heavy (non-hydrogen) atoms. The average Bonchev–Trinajstić information content (AvgIpc) is 2.24. The smallest absolute Gasteiger partial charge is 0.0881 e. The second-order valence-electron chi connectivity index (χ2n) is 4.82. The van der Waals surface area contributed by atoms with Crippen molar-refractivity contribution in [3.8, 4) is 0 Å². The maximum absolute atomic E-state index is 9.47. The van der Waals surface area contributed by atoms with E-state index in [0.717, 1.165) is 0 Å². The van der Waals surface area contributed by atoms with E-state index in [4.69, 9.17) is 9.47 Å². The highest BCUT2D eigenvalue weighted by Gasteiger charge is 2.34. The van der Waals surface area contributed by atoms with E-state index in [9.17, 15) is 15.3 Å². The first-order valence-electron chi connectivity index (χ1n) is 5.36. The van der Waals surface area contributed by atoms with E-state index in [-0.39, 0.29) is 26.4 Å². The van der Waals surface area contributed by atoms with Crippen LogP contribution in [0.5, 0.6) is 0 Å². The van der Waals surface area contributed by atoms with Crippen molar-refractivity contribution in [2.45, 2.75) is 32.5 Å². The first-order valence-corrected chi connectivity index (χ1v) is 5.36. The van der Waals surface area contributed by atoms with Crippen LogP contribution in [0.3, 0.4) is 0 Å². The van der Waals surface area contributed by atoms with E-state index in [1.165, 1.54) is 7.11 Å². The van der Waals surface area contributed by atoms with Gasteiger partial charge in [0, 0.05) is 7.11 Å². The van der Waals surface area contributed by atoms with Gasteiger partial charge >= 0.3 is 0 Å². The van der Waals surface area contributed by atoms with Crippen LogP contribution in [0.25, 0.3) is 0 Å². The molecule has 0 fully saturated rings. The summed E-state index contributed by atoms with van der Waals surface area (Å²) < 4.78 is 10.5. The highest BCUT2D eigenvalue weighted by atomic mass is 16.5. The van der Waals surface area contributed by atoms with Crippen molar-refractivity contribution in [1.82, 2.24) is 0 Å². The maximum Gasteiger partial charge on any atom is 0.0881 e. The number of hydrogen-bond acceptors (Lipinski definition) is 5. The third kappa shape index (κ3) is 4.35. The van der Waals surface area contributed by atoms with Gasteiger partial charge in [0.1, 0.15) is 0 Å². The Hall–Kier alpha value is -0.200. The number of ether oxygens (including phenoxy) is 2. The van der Waals surface area contributed by atoms with E-state index in [0.29, 0.717) is 0 Å². The standard InChI is InChI=1S/C11H24O5/c1-9(14)10(2,3)16-8-11(5-12,6-13)7-15-4/h9,12-14H,5-8H2,1-4H3. The largest absolute Gasteiger partial charge is 0.396 e. The van der Waals surface area contributed by atoms with Crippen LogP contribution in [-0.2, 0) is 9.47 Å². The Morgan fingerprint density at radius 1 is 1.12 bits per heavy atom. The second kappa shape index (κ2) is 6.51. The number of methoxy groups -OCH3 is 1. The van der Waals surface area contributed by atoms with Gasteiger partial charge in [-0.3, -0.25) is 0 Å². The predicted molar refractivity (Wildman–Crippen MR) is 60.2 cm³/mol. The van der Waals surface area contributed by atoms with Crippen LogP contribution in [0.2, 0.25) is 0 Å². The second-order valence-corrected chi connectivity index (χ2v) is 4.82. The molecule has 5 nitrogen and oxygen atoms in total. The van der Waals surface area contributed by atoms with E-state index >= 15 is 0 Å². The molecule has 0 aliphatic heterocycles. The molecule has 5 heteroatoms. The van der Waals surface area contributed by atoms with Crippen molar-refractivity contribution in [1.29, 1.82) is 0 Å². The molecule has 0 saturated heterocycles. The quantitative estimate of drug-likeness (QED) is 0.543. The fourth-order valence-electron chi connectivity index (χ4n) is 1.04. The third-order valence-corrected chi connectivity index (χ3v) is 2.88. The zero-order valence-electron chi connectivity index (χ0n) is 10.6. The first-order chi connectivity index (χ1) is 7.33. The van der Waals surface area contributed by atoms with Gasteiger partial charge in [-0.25, -0.2) is 0 Å². The molecule has 3 N–H and O–H groups in total. The lowest BCUT2D eigenvalue weighted by molar-refractivity contribution is -0.147. The van der Waals surface area contributed by atoms with Gasteiger partial charge in [-0.05, 0) is 20.8 Å². The van der Waals surface area contributed by atoms with Gasteiger partial charge in [0.05, 0.1) is 43.5 Å². The van der Waals surface area contributed by atoms with Gasteiger partial charge in [0.2, 0.25) is 0 Å². The van der Waals surface area contributed by atoms with Crippen molar-refractivity contribution < 1.29 is 24.8 Å². The molecule has 98 valence electrons. The van der Waals surface area contributed by atoms with Crippen molar-refractivity contribution in [2.24, 2.45) is 5.41 Å². The van der Waals surface area contributed by atoms with Crippen LogP contribution in [0.15, 0.2) is 0 Å². The van der Waals surface area contributed by atoms with Crippen molar-refractivity contribution >= 4 is 0 Å². The molecule has 0 bridgehead atoms. The van der Waals surface area contributed by atoms with Gasteiger partial charge in [-0.2, -0.15) is 0 Å². The molecule has 0 aromatic heterocycles. The molecule has 0 aliphatic rings. The maximum atomic E-state index is 9.47. The van der Waals surface area contributed by atoms with Crippen molar-refractivity contribution in [3.05, 3.63) is 0 Å². The van der Waals surface area contributed by atoms with E-state index < -0.39 is 17.1 Å².